The van der Waals surface area contributed by atoms with Crippen molar-refractivity contribution >= 4 is 40.4 Å². The van der Waals surface area contributed by atoms with E-state index in [0.717, 1.165) is 24.3 Å². The molecule has 3 N–H and O–H groups in total. The molecule has 38 heavy (non-hydrogen) atoms. The third kappa shape index (κ3) is 8.06. The van der Waals surface area contributed by atoms with Crippen molar-refractivity contribution in [2.24, 2.45) is 0 Å². The first kappa shape index (κ1) is 28.2. The van der Waals surface area contributed by atoms with Gasteiger partial charge in [0, 0.05) is 44.2 Å². The first-order valence-electron chi connectivity index (χ1n) is 11.3. The van der Waals surface area contributed by atoms with Gasteiger partial charge < -0.3 is 30.5 Å². The van der Waals surface area contributed by atoms with Crippen LogP contribution in [0.4, 0.5) is 52.1 Å². The van der Waals surface area contributed by atoms with E-state index in [4.69, 9.17) is 4.74 Å². The number of nitrogens with zero attached hydrogens (tertiary/aromatic N) is 4. The zero-order valence-electron chi connectivity index (χ0n) is 20.9. The van der Waals surface area contributed by atoms with Crippen LogP contribution in [0.1, 0.15) is 0 Å². The molecule has 0 atom stereocenters. The normalized spacial score (nSPS) is 10.9. The molecule has 1 amide bonds. The Balaban J connectivity index is 1.98. The van der Waals surface area contributed by atoms with E-state index in [1.165, 1.54) is 24.4 Å². The van der Waals surface area contributed by atoms with E-state index in [2.05, 4.69) is 32.5 Å². The Kier molecular flexibility index (Phi) is 9.44. The van der Waals surface area contributed by atoms with Gasteiger partial charge in [0.2, 0.25) is 11.9 Å². The molecule has 0 fully saturated rings. The highest BCUT2D eigenvalue weighted by Crippen LogP contribution is 2.39. The zero-order valence-corrected chi connectivity index (χ0v) is 20.9. The number of amides is 1. The summed E-state index contributed by atoms with van der Waals surface area (Å²) in [6.07, 6.45) is 2.43. The fourth-order valence-corrected chi connectivity index (χ4v) is 3.31. The van der Waals surface area contributed by atoms with Gasteiger partial charge in [0.15, 0.2) is 5.75 Å². The third-order valence-electron chi connectivity index (χ3n) is 5.09. The van der Waals surface area contributed by atoms with Gasteiger partial charge in [-0.05, 0) is 44.4 Å². The fourth-order valence-electron chi connectivity index (χ4n) is 3.31. The lowest BCUT2D eigenvalue weighted by atomic mass is 10.2. The van der Waals surface area contributed by atoms with Crippen molar-refractivity contribution in [3.05, 3.63) is 66.9 Å². The Morgan fingerprint density at radius 3 is 2.39 bits per heavy atom. The summed E-state index contributed by atoms with van der Waals surface area (Å²) in [5.41, 5.74) is 0.856. The largest absolute Gasteiger partial charge is 0.433 e. The SMILES string of the molecule is C=CC(=O)Nc1cc(Nc2nccc(Nc3cc(F)cc(F)c3)n2)c(OC(F)F)cc1N(C)CCN(C)C. The van der Waals surface area contributed by atoms with E-state index in [0.29, 0.717) is 24.5 Å². The number of benzene rings is 2. The average molecular weight is 534 g/mol. The van der Waals surface area contributed by atoms with Gasteiger partial charge in [-0.3, -0.25) is 4.79 Å². The lowest BCUT2D eigenvalue weighted by molar-refractivity contribution is -0.111. The van der Waals surface area contributed by atoms with Gasteiger partial charge in [-0.25, -0.2) is 13.8 Å². The second kappa shape index (κ2) is 12.7. The summed E-state index contributed by atoms with van der Waals surface area (Å²) in [4.78, 5) is 24.1. The smallest absolute Gasteiger partial charge is 0.387 e. The maximum absolute atomic E-state index is 13.5. The van der Waals surface area contributed by atoms with Crippen LogP contribution in [-0.4, -0.2) is 61.6 Å². The number of aromatic nitrogens is 2. The summed E-state index contributed by atoms with van der Waals surface area (Å²) >= 11 is 0. The molecule has 0 unspecified atom stereocenters. The van der Waals surface area contributed by atoms with Crippen molar-refractivity contribution in [2.45, 2.75) is 6.61 Å². The number of likely N-dealkylation sites (N-methyl/N-ethyl adjacent to an activating group) is 2. The van der Waals surface area contributed by atoms with Crippen LogP contribution in [0.5, 0.6) is 5.75 Å². The van der Waals surface area contributed by atoms with Gasteiger partial charge in [-0.2, -0.15) is 13.8 Å². The molecule has 9 nitrogen and oxygen atoms in total. The molecule has 3 aromatic rings. The minimum absolute atomic E-state index is 0.0309. The topological polar surface area (TPSA) is 94.6 Å². The van der Waals surface area contributed by atoms with Crippen molar-refractivity contribution in [3.63, 3.8) is 0 Å². The maximum Gasteiger partial charge on any atom is 0.387 e. The lowest BCUT2D eigenvalue weighted by Gasteiger charge is -2.26. The number of nitrogens with one attached hydrogen (secondary N) is 3. The number of halogens is 4. The Bertz CT molecular complexity index is 1270. The van der Waals surface area contributed by atoms with Crippen LogP contribution in [0.3, 0.4) is 0 Å². The lowest BCUT2D eigenvalue weighted by Crippen LogP contribution is -2.29. The summed E-state index contributed by atoms with van der Waals surface area (Å²) in [5.74, 6) is -2.16. The van der Waals surface area contributed by atoms with Gasteiger partial charge >= 0.3 is 6.61 Å². The first-order valence-corrected chi connectivity index (χ1v) is 11.3. The number of anilines is 6. The molecule has 13 heteroatoms. The van der Waals surface area contributed by atoms with Gasteiger partial charge in [0.25, 0.3) is 0 Å². The van der Waals surface area contributed by atoms with E-state index in [1.54, 1.807) is 11.9 Å². The number of carbonyl (C=O) groups excluding carboxylic acids is 1. The first-order chi connectivity index (χ1) is 18.0. The summed E-state index contributed by atoms with van der Waals surface area (Å²) in [5, 5.41) is 8.22. The van der Waals surface area contributed by atoms with Crippen LogP contribution >= 0.6 is 0 Å². The number of rotatable bonds is 12. The van der Waals surface area contributed by atoms with Gasteiger partial charge in [0.1, 0.15) is 17.5 Å². The molecule has 0 aliphatic rings. The second-order valence-electron chi connectivity index (χ2n) is 8.34. The van der Waals surface area contributed by atoms with Gasteiger partial charge in [-0.15, -0.1) is 0 Å². The highest BCUT2D eigenvalue weighted by Gasteiger charge is 2.19. The predicted octanol–water partition coefficient (Wildman–Crippen LogP) is 4.97. The van der Waals surface area contributed by atoms with Crippen LogP contribution in [-0.2, 0) is 4.79 Å². The molecule has 0 spiro atoms. The Morgan fingerprint density at radius 2 is 1.76 bits per heavy atom. The highest BCUT2D eigenvalue weighted by atomic mass is 19.3. The molecule has 202 valence electrons. The third-order valence-corrected chi connectivity index (χ3v) is 5.09. The molecule has 0 radical (unpaired) electrons. The van der Waals surface area contributed by atoms with Crippen molar-refractivity contribution in [2.75, 3.05) is 55.1 Å². The van der Waals surface area contributed by atoms with Crippen LogP contribution in [0.25, 0.3) is 0 Å². The molecule has 3 rings (SSSR count). The zero-order chi connectivity index (χ0) is 27.8. The van der Waals surface area contributed by atoms with E-state index >= 15 is 0 Å². The summed E-state index contributed by atoms with van der Waals surface area (Å²) in [7, 11) is 5.52. The molecule has 0 aliphatic heterocycles. The van der Waals surface area contributed by atoms with E-state index in [9.17, 15) is 22.4 Å². The minimum atomic E-state index is -3.14. The molecular formula is C25H27F4N7O2. The van der Waals surface area contributed by atoms with Crippen LogP contribution in [0, 0.1) is 11.6 Å². The van der Waals surface area contributed by atoms with Gasteiger partial charge in [-0.1, -0.05) is 6.58 Å². The van der Waals surface area contributed by atoms with Crippen molar-refractivity contribution < 1.29 is 27.1 Å². The number of alkyl halides is 2. The molecular weight excluding hydrogens is 506 g/mol. The Hall–Kier alpha value is -4.39. The monoisotopic (exact) mass is 533 g/mol. The summed E-state index contributed by atoms with van der Waals surface area (Å²) < 4.78 is 58.4. The summed E-state index contributed by atoms with van der Waals surface area (Å²) in [6.45, 7) is 1.48. The highest BCUT2D eigenvalue weighted by molar-refractivity contribution is 6.02. The van der Waals surface area contributed by atoms with Crippen molar-refractivity contribution in [1.29, 1.82) is 0 Å². The molecule has 2 aromatic carbocycles. The number of carbonyl (C=O) groups is 1. The predicted molar refractivity (Wildman–Crippen MR) is 139 cm³/mol. The Labute approximate surface area is 217 Å². The van der Waals surface area contributed by atoms with Crippen molar-refractivity contribution in [1.82, 2.24) is 14.9 Å². The van der Waals surface area contributed by atoms with Crippen LogP contribution in [0.15, 0.2) is 55.3 Å². The number of hydrogen-bond acceptors (Lipinski definition) is 8. The van der Waals surface area contributed by atoms with Crippen LogP contribution in [0.2, 0.25) is 0 Å². The maximum atomic E-state index is 13.5. The Morgan fingerprint density at radius 1 is 1.05 bits per heavy atom. The van der Waals surface area contributed by atoms with E-state index in [-0.39, 0.29) is 28.9 Å². The second-order valence-corrected chi connectivity index (χ2v) is 8.34. The molecule has 0 saturated heterocycles. The average Bonchev–Trinajstić information content (AvgIpc) is 2.83. The molecule has 0 saturated carbocycles. The summed E-state index contributed by atoms with van der Waals surface area (Å²) in [6, 6.07) is 7.10. The minimum Gasteiger partial charge on any atom is -0.433 e. The van der Waals surface area contributed by atoms with E-state index < -0.39 is 24.2 Å². The standard InChI is InChI=1S/C25H27F4N7O2/c1-5-23(37)32-18-13-19(21(38-24(28)29)14-20(18)36(4)9-8-35(2)3)33-25-30-7-6-22(34-25)31-17-11-15(26)10-16(27)12-17/h5-7,10-14,24H,1,8-9H2,2-4H3,(H,32,37)(H2,30,31,33,34). The number of ether oxygens (including phenoxy) is 1. The molecule has 1 aromatic heterocycles. The van der Waals surface area contributed by atoms with Crippen molar-refractivity contribution in [3.8, 4) is 5.75 Å². The van der Waals surface area contributed by atoms with E-state index in [1.807, 2.05) is 19.0 Å². The number of hydrogen-bond donors (Lipinski definition) is 3. The quantitative estimate of drug-likeness (QED) is 0.222. The van der Waals surface area contributed by atoms with Gasteiger partial charge in [0.05, 0.1) is 17.1 Å². The molecule has 1 heterocycles. The molecule has 0 bridgehead atoms. The fraction of sp³-hybridized carbons (Fsp3) is 0.240. The molecule has 0 aliphatic carbocycles. The van der Waals surface area contributed by atoms with Crippen LogP contribution < -0.4 is 25.6 Å².